The van der Waals surface area contributed by atoms with Gasteiger partial charge < -0.3 is 4.74 Å². The number of rotatable bonds is 9. The van der Waals surface area contributed by atoms with E-state index in [4.69, 9.17) is 4.74 Å². The van der Waals surface area contributed by atoms with Crippen molar-refractivity contribution in [1.29, 1.82) is 0 Å². The van der Waals surface area contributed by atoms with Gasteiger partial charge in [0.2, 0.25) is 0 Å². The minimum atomic E-state index is 0.855. The maximum absolute atomic E-state index is 5.62. The molecule has 0 amide bonds. The maximum atomic E-state index is 5.62. The molecular weight excluding hydrogens is 280 g/mol. The van der Waals surface area contributed by atoms with Gasteiger partial charge in [0.05, 0.1) is 0 Å². The van der Waals surface area contributed by atoms with Gasteiger partial charge >= 0.3 is 0 Å². The van der Waals surface area contributed by atoms with E-state index in [1.54, 1.807) is 0 Å². The van der Waals surface area contributed by atoms with E-state index in [1.165, 1.54) is 77.0 Å². The van der Waals surface area contributed by atoms with Gasteiger partial charge in [0.1, 0.15) is 0 Å². The lowest BCUT2D eigenvalue weighted by atomic mass is 9.69. The van der Waals surface area contributed by atoms with Crippen molar-refractivity contribution in [3.8, 4) is 0 Å². The number of hydrogen-bond acceptors (Lipinski definition) is 1. The van der Waals surface area contributed by atoms with Gasteiger partial charge in [-0.15, -0.1) is 0 Å². The predicted molar refractivity (Wildman–Crippen MR) is 101 cm³/mol. The van der Waals surface area contributed by atoms with Gasteiger partial charge in [0.25, 0.3) is 0 Å². The summed E-state index contributed by atoms with van der Waals surface area (Å²) in [5, 5.41) is 0. The van der Waals surface area contributed by atoms with Crippen LogP contribution in [0.4, 0.5) is 0 Å². The molecule has 0 radical (unpaired) electrons. The Bertz CT molecular complexity index is 306. The van der Waals surface area contributed by atoms with Gasteiger partial charge in [-0.3, -0.25) is 0 Å². The monoisotopic (exact) mass is 320 g/mol. The van der Waals surface area contributed by atoms with E-state index in [2.05, 4.69) is 26.0 Å². The third kappa shape index (κ3) is 6.99. The van der Waals surface area contributed by atoms with Gasteiger partial charge in [-0.2, -0.15) is 0 Å². The molecule has 0 spiro atoms. The highest BCUT2D eigenvalue weighted by molar-refractivity contribution is 4.92. The molecular formula is C22H40O. The van der Waals surface area contributed by atoms with Crippen molar-refractivity contribution in [2.75, 3.05) is 13.2 Å². The molecule has 2 aliphatic rings. The fourth-order valence-corrected chi connectivity index (χ4v) is 4.72. The van der Waals surface area contributed by atoms with Gasteiger partial charge in [-0.05, 0) is 94.8 Å². The molecule has 2 aliphatic carbocycles. The molecule has 2 fully saturated rings. The molecule has 23 heavy (non-hydrogen) atoms. The molecule has 1 nitrogen and oxygen atoms in total. The summed E-state index contributed by atoms with van der Waals surface area (Å²) in [4.78, 5) is 0. The summed E-state index contributed by atoms with van der Waals surface area (Å²) in [6.45, 7) is 6.30. The summed E-state index contributed by atoms with van der Waals surface area (Å²) in [5.74, 6) is 3.81. The van der Waals surface area contributed by atoms with E-state index in [0.717, 1.165) is 36.9 Å². The van der Waals surface area contributed by atoms with E-state index < -0.39 is 0 Å². The summed E-state index contributed by atoms with van der Waals surface area (Å²) < 4.78 is 5.62. The molecule has 0 N–H and O–H groups in total. The Labute approximate surface area is 145 Å². The minimum absolute atomic E-state index is 0.855. The molecule has 1 heteroatoms. The average Bonchev–Trinajstić information content (AvgIpc) is 2.61. The Kier molecular flexibility index (Phi) is 9.34. The summed E-state index contributed by atoms with van der Waals surface area (Å²) in [6, 6.07) is 0. The Hall–Kier alpha value is -0.300. The molecule has 0 unspecified atom stereocenters. The Morgan fingerprint density at radius 1 is 0.826 bits per heavy atom. The van der Waals surface area contributed by atoms with Gasteiger partial charge in [-0.25, -0.2) is 0 Å². The van der Waals surface area contributed by atoms with Gasteiger partial charge in [0, 0.05) is 13.2 Å². The molecule has 0 aliphatic heterocycles. The lowest BCUT2D eigenvalue weighted by Gasteiger charge is -2.37. The first-order chi connectivity index (χ1) is 11.3. The van der Waals surface area contributed by atoms with Gasteiger partial charge in [0.15, 0.2) is 0 Å². The molecule has 0 bridgehead atoms. The number of allylic oxidation sites excluding steroid dienone is 2. The van der Waals surface area contributed by atoms with Gasteiger partial charge in [-0.1, -0.05) is 31.9 Å². The molecule has 0 saturated heterocycles. The smallest absolute Gasteiger partial charge is 0.0494 e. The highest BCUT2D eigenvalue weighted by atomic mass is 16.5. The molecule has 2 saturated carbocycles. The van der Waals surface area contributed by atoms with Crippen LogP contribution in [0, 0.1) is 23.7 Å². The summed E-state index contributed by atoms with van der Waals surface area (Å²) in [6.07, 6.45) is 22.1. The van der Waals surface area contributed by atoms with E-state index in [1.807, 2.05) is 0 Å². The second-order valence-electron chi connectivity index (χ2n) is 8.04. The fourth-order valence-electron chi connectivity index (χ4n) is 4.72. The van der Waals surface area contributed by atoms with Crippen molar-refractivity contribution in [3.05, 3.63) is 12.2 Å². The average molecular weight is 321 g/mol. The quantitative estimate of drug-likeness (QED) is 0.336. The van der Waals surface area contributed by atoms with Crippen molar-refractivity contribution < 1.29 is 4.74 Å². The molecule has 0 heterocycles. The fraction of sp³-hybridized carbons (Fsp3) is 0.909. The summed E-state index contributed by atoms with van der Waals surface area (Å²) >= 11 is 0. The number of ether oxygens (including phenoxy) is 1. The Balaban J connectivity index is 1.59. The van der Waals surface area contributed by atoms with Crippen LogP contribution < -0.4 is 0 Å². The van der Waals surface area contributed by atoms with Crippen LogP contribution in [0.15, 0.2) is 12.2 Å². The third-order valence-electron chi connectivity index (χ3n) is 6.31. The lowest BCUT2D eigenvalue weighted by molar-refractivity contribution is 0.0727. The van der Waals surface area contributed by atoms with Crippen LogP contribution >= 0.6 is 0 Å². The first-order valence-corrected chi connectivity index (χ1v) is 10.6. The van der Waals surface area contributed by atoms with E-state index in [0.29, 0.717) is 0 Å². The van der Waals surface area contributed by atoms with Crippen molar-refractivity contribution >= 4 is 0 Å². The number of hydrogen-bond donors (Lipinski definition) is 0. The maximum Gasteiger partial charge on any atom is 0.0494 e. The van der Waals surface area contributed by atoms with Crippen LogP contribution in [-0.4, -0.2) is 13.2 Å². The van der Waals surface area contributed by atoms with Crippen molar-refractivity contribution in [1.82, 2.24) is 0 Å². The summed E-state index contributed by atoms with van der Waals surface area (Å²) in [5.41, 5.74) is 0. The lowest BCUT2D eigenvalue weighted by Crippen LogP contribution is -2.26. The highest BCUT2D eigenvalue weighted by Gasteiger charge is 2.30. The molecule has 0 aromatic heterocycles. The van der Waals surface area contributed by atoms with Crippen LogP contribution in [0.3, 0.4) is 0 Å². The second-order valence-corrected chi connectivity index (χ2v) is 8.04. The second kappa shape index (κ2) is 11.3. The Morgan fingerprint density at radius 3 is 2.09 bits per heavy atom. The van der Waals surface area contributed by atoms with Crippen LogP contribution in [-0.2, 0) is 4.74 Å². The van der Waals surface area contributed by atoms with E-state index in [-0.39, 0.29) is 0 Å². The largest absolute Gasteiger partial charge is 0.381 e. The SMILES string of the molecule is CCCCC/C=C/C1CCC(C2CCC(COCC)CC2)CC1. The van der Waals surface area contributed by atoms with Crippen LogP contribution in [0.1, 0.15) is 90.9 Å². The molecule has 0 atom stereocenters. The van der Waals surface area contributed by atoms with E-state index >= 15 is 0 Å². The zero-order valence-electron chi connectivity index (χ0n) is 15.8. The first kappa shape index (κ1) is 19.0. The van der Waals surface area contributed by atoms with Crippen LogP contribution in [0.5, 0.6) is 0 Å². The molecule has 0 aromatic rings. The third-order valence-corrected chi connectivity index (χ3v) is 6.31. The molecule has 2 rings (SSSR count). The van der Waals surface area contributed by atoms with Crippen LogP contribution in [0.2, 0.25) is 0 Å². The minimum Gasteiger partial charge on any atom is -0.381 e. The normalized spacial score (nSPS) is 32.4. The zero-order valence-corrected chi connectivity index (χ0v) is 15.8. The summed E-state index contributed by atoms with van der Waals surface area (Å²) in [7, 11) is 0. The molecule has 0 aromatic carbocycles. The van der Waals surface area contributed by atoms with Crippen LogP contribution in [0.25, 0.3) is 0 Å². The number of unbranched alkanes of at least 4 members (excludes halogenated alkanes) is 3. The molecule has 134 valence electrons. The topological polar surface area (TPSA) is 9.23 Å². The standard InChI is InChI=1S/C22H40O/c1-3-5-6-7-8-9-19-10-14-21(15-11-19)22-16-12-20(13-17-22)18-23-4-2/h8-9,19-22H,3-7,10-18H2,1-2H3/b9-8+. The zero-order chi connectivity index (χ0) is 16.3. The van der Waals surface area contributed by atoms with E-state index in [9.17, 15) is 0 Å². The predicted octanol–water partition coefficient (Wildman–Crippen LogP) is 6.77. The van der Waals surface area contributed by atoms with Crippen molar-refractivity contribution in [2.45, 2.75) is 90.9 Å². The highest BCUT2D eigenvalue weighted by Crippen LogP contribution is 2.41. The Morgan fingerprint density at radius 2 is 1.48 bits per heavy atom. The first-order valence-electron chi connectivity index (χ1n) is 10.6. The van der Waals surface area contributed by atoms with Crippen molar-refractivity contribution in [3.63, 3.8) is 0 Å². The van der Waals surface area contributed by atoms with Crippen molar-refractivity contribution in [2.24, 2.45) is 23.7 Å².